The van der Waals surface area contributed by atoms with Crippen molar-refractivity contribution in [2.24, 2.45) is 10.4 Å². The van der Waals surface area contributed by atoms with Gasteiger partial charge in [0.15, 0.2) is 5.96 Å². The van der Waals surface area contributed by atoms with Crippen LogP contribution in [0.4, 0.5) is 5.82 Å². The molecule has 1 saturated carbocycles. The summed E-state index contributed by atoms with van der Waals surface area (Å²) in [5, 5.41) is 3.49. The molecule has 0 bridgehead atoms. The largest absolute Gasteiger partial charge is 0.363 e. The van der Waals surface area contributed by atoms with E-state index in [1.165, 1.54) is 45.1 Å². The lowest BCUT2D eigenvalue weighted by molar-refractivity contribution is 0.203. The molecule has 146 valence electrons. The molecular weight excluding hydrogens is 437 g/mol. The standard InChI is InChI=1S/C20H33N5.HI/c1-4-21-19(22-15-17-9-8-10-18(23-17)24(2)3)25-14-13-20(16-25)11-6-5-7-12-20;/h8-10H,4-7,11-16H2,1-3H3,(H,21,22);1H. The average molecular weight is 471 g/mol. The van der Waals surface area contributed by atoms with Crippen LogP contribution >= 0.6 is 24.0 Å². The fourth-order valence-corrected chi connectivity index (χ4v) is 4.21. The summed E-state index contributed by atoms with van der Waals surface area (Å²) in [5.74, 6) is 2.04. The normalized spacial score (nSPS) is 19.3. The van der Waals surface area contributed by atoms with Crippen molar-refractivity contribution in [1.29, 1.82) is 0 Å². The summed E-state index contributed by atoms with van der Waals surface area (Å²) in [6, 6.07) is 6.16. The third-order valence-corrected chi connectivity index (χ3v) is 5.63. The third kappa shape index (κ3) is 5.24. The average Bonchev–Trinajstić information content (AvgIpc) is 3.02. The van der Waals surface area contributed by atoms with Crippen molar-refractivity contribution in [3.8, 4) is 0 Å². The Kier molecular flexibility index (Phi) is 7.98. The van der Waals surface area contributed by atoms with E-state index in [0.29, 0.717) is 12.0 Å². The van der Waals surface area contributed by atoms with Crippen LogP contribution in [0.15, 0.2) is 23.2 Å². The highest BCUT2D eigenvalue weighted by Gasteiger charge is 2.39. The molecule has 0 unspecified atom stereocenters. The van der Waals surface area contributed by atoms with Gasteiger partial charge >= 0.3 is 0 Å². The van der Waals surface area contributed by atoms with Crippen molar-refractivity contribution in [2.45, 2.75) is 52.0 Å². The fourth-order valence-electron chi connectivity index (χ4n) is 4.21. The van der Waals surface area contributed by atoms with Crippen LogP contribution in [-0.4, -0.2) is 49.6 Å². The summed E-state index contributed by atoms with van der Waals surface area (Å²) in [6.07, 6.45) is 8.35. The summed E-state index contributed by atoms with van der Waals surface area (Å²) < 4.78 is 0. The molecule has 2 aliphatic rings. The van der Waals surface area contributed by atoms with E-state index in [1.54, 1.807) is 0 Å². The van der Waals surface area contributed by atoms with Crippen molar-refractivity contribution in [3.05, 3.63) is 23.9 Å². The van der Waals surface area contributed by atoms with E-state index < -0.39 is 0 Å². The maximum Gasteiger partial charge on any atom is 0.194 e. The van der Waals surface area contributed by atoms with Crippen molar-refractivity contribution in [3.63, 3.8) is 0 Å². The van der Waals surface area contributed by atoms with Gasteiger partial charge in [-0.3, -0.25) is 0 Å². The number of hydrogen-bond acceptors (Lipinski definition) is 3. The van der Waals surface area contributed by atoms with E-state index in [4.69, 9.17) is 4.99 Å². The second-order valence-electron chi connectivity index (χ2n) is 7.78. The molecule has 1 aromatic rings. The number of likely N-dealkylation sites (tertiary alicyclic amines) is 1. The highest BCUT2D eigenvalue weighted by molar-refractivity contribution is 14.0. The number of pyridine rings is 1. The van der Waals surface area contributed by atoms with Crippen molar-refractivity contribution in [1.82, 2.24) is 15.2 Å². The quantitative estimate of drug-likeness (QED) is 0.411. The maximum atomic E-state index is 4.89. The predicted octanol–water partition coefficient (Wildman–Crippen LogP) is 3.89. The minimum Gasteiger partial charge on any atom is -0.363 e. The number of halogens is 1. The zero-order valence-electron chi connectivity index (χ0n) is 16.5. The second-order valence-corrected chi connectivity index (χ2v) is 7.78. The summed E-state index contributed by atoms with van der Waals surface area (Å²) in [7, 11) is 4.04. The number of hydrogen-bond donors (Lipinski definition) is 1. The van der Waals surface area contributed by atoms with Crippen LogP contribution in [0.3, 0.4) is 0 Å². The van der Waals surface area contributed by atoms with Gasteiger partial charge in [-0.05, 0) is 43.7 Å². The Morgan fingerprint density at radius 3 is 2.69 bits per heavy atom. The Labute approximate surface area is 175 Å². The monoisotopic (exact) mass is 471 g/mol. The highest BCUT2D eigenvalue weighted by atomic mass is 127. The summed E-state index contributed by atoms with van der Waals surface area (Å²) in [4.78, 5) is 14.1. The van der Waals surface area contributed by atoms with E-state index in [2.05, 4.69) is 34.3 Å². The van der Waals surface area contributed by atoms with E-state index in [-0.39, 0.29) is 24.0 Å². The molecule has 0 radical (unpaired) electrons. The SMILES string of the molecule is CCNC(=NCc1cccc(N(C)C)n1)N1CCC2(CCCCC2)C1.I. The predicted molar refractivity (Wildman–Crippen MR) is 121 cm³/mol. The van der Waals surface area contributed by atoms with Crippen LogP contribution in [0, 0.1) is 5.41 Å². The summed E-state index contributed by atoms with van der Waals surface area (Å²) in [5.41, 5.74) is 1.57. The zero-order valence-corrected chi connectivity index (χ0v) is 18.8. The van der Waals surface area contributed by atoms with Gasteiger partial charge in [-0.1, -0.05) is 25.3 Å². The molecule has 1 saturated heterocycles. The van der Waals surface area contributed by atoms with Crippen molar-refractivity contribution >= 4 is 35.8 Å². The lowest BCUT2D eigenvalue weighted by Crippen LogP contribution is -2.41. The first-order valence-corrected chi connectivity index (χ1v) is 9.78. The Bertz CT molecular complexity index is 596. The smallest absolute Gasteiger partial charge is 0.194 e. The molecule has 1 N–H and O–H groups in total. The second kappa shape index (κ2) is 9.76. The topological polar surface area (TPSA) is 43.8 Å². The molecule has 0 atom stereocenters. The first-order valence-electron chi connectivity index (χ1n) is 9.78. The third-order valence-electron chi connectivity index (χ3n) is 5.63. The molecule has 1 aliphatic heterocycles. The molecule has 0 amide bonds. The van der Waals surface area contributed by atoms with Gasteiger partial charge in [0, 0.05) is 33.7 Å². The van der Waals surface area contributed by atoms with Gasteiger partial charge in [-0.2, -0.15) is 0 Å². The van der Waals surface area contributed by atoms with Crippen LogP contribution in [0.1, 0.15) is 51.1 Å². The Morgan fingerprint density at radius 1 is 1.23 bits per heavy atom. The molecule has 2 fully saturated rings. The first-order chi connectivity index (χ1) is 12.1. The molecular formula is C20H34IN5. The van der Waals surface area contributed by atoms with Crippen LogP contribution < -0.4 is 10.2 Å². The van der Waals surface area contributed by atoms with Gasteiger partial charge in [0.25, 0.3) is 0 Å². The molecule has 0 aromatic carbocycles. The van der Waals surface area contributed by atoms with E-state index in [9.17, 15) is 0 Å². The van der Waals surface area contributed by atoms with Crippen LogP contribution in [0.25, 0.3) is 0 Å². The molecule has 6 heteroatoms. The summed E-state index contributed by atoms with van der Waals surface area (Å²) in [6.45, 7) is 5.99. The minimum atomic E-state index is 0. The number of anilines is 1. The Morgan fingerprint density at radius 2 is 2.00 bits per heavy atom. The molecule has 3 rings (SSSR count). The van der Waals surface area contributed by atoms with Crippen LogP contribution in [0.5, 0.6) is 0 Å². The molecule has 5 nitrogen and oxygen atoms in total. The van der Waals surface area contributed by atoms with Gasteiger partial charge in [-0.15, -0.1) is 24.0 Å². The van der Waals surface area contributed by atoms with Gasteiger partial charge in [0.2, 0.25) is 0 Å². The minimum absolute atomic E-state index is 0. The molecule has 1 spiro atoms. The summed E-state index contributed by atoms with van der Waals surface area (Å²) >= 11 is 0. The maximum absolute atomic E-state index is 4.89. The van der Waals surface area contributed by atoms with Gasteiger partial charge in [-0.25, -0.2) is 9.98 Å². The van der Waals surface area contributed by atoms with Crippen LogP contribution in [-0.2, 0) is 6.54 Å². The van der Waals surface area contributed by atoms with Gasteiger partial charge in [0.05, 0.1) is 12.2 Å². The van der Waals surface area contributed by atoms with Crippen LogP contribution in [0.2, 0.25) is 0 Å². The Balaban J connectivity index is 0.00000243. The molecule has 1 aliphatic carbocycles. The van der Waals surface area contributed by atoms with Crippen molar-refractivity contribution in [2.75, 3.05) is 38.6 Å². The number of rotatable bonds is 4. The number of aliphatic imine (C=N–C) groups is 1. The lowest BCUT2D eigenvalue weighted by Gasteiger charge is -2.33. The van der Waals surface area contributed by atoms with E-state index in [0.717, 1.165) is 30.6 Å². The molecule has 1 aromatic heterocycles. The van der Waals surface area contributed by atoms with Gasteiger partial charge in [0.1, 0.15) is 5.82 Å². The lowest BCUT2D eigenvalue weighted by atomic mass is 9.73. The fraction of sp³-hybridized carbons (Fsp3) is 0.700. The number of aromatic nitrogens is 1. The number of nitrogens with one attached hydrogen (secondary N) is 1. The van der Waals surface area contributed by atoms with Gasteiger partial charge < -0.3 is 15.1 Å². The zero-order chi connectivity index (χ0) is 17.7. The number of nitrogens with zero attached hydrogens (tertiary/aromatic N) is 4. The number of guanidine groups is 1. The highest BCUT2D eigenvalue weighted by Crippen LogP contribution is 2.43. The van der Waals surface area contributed by atoms with Crippen molar-refractivity contribution < 1.29 is 0 Å². The molecule has 26 heavy (non-hydrogen) atoms. The Hall–Kier alpha value is -1.05. The van der Waals surface area contributed by atoms with E-state index >= 15 is 0 Å². The molecule has 2 heterocycles. The van der Waals surface area contributed by atoms with E-state index in [1.807, 2.05) is 25.1 Å². The first kappa shape index (κ1) is 21.3.